The van der Waals surface area contributed by atoms with E-state index in [0.717, 1.165) is 0 Å². The first-order valence-electron chi connectivity index (χ1n) is 13.2. The molecule has 1 amide bonds. The number of nitrogen functional groups attached to an aromatic ring is 1. The number of imidazole rings is 1. The van der Waals surface area contributed by atoms with E-state index in [4.69, 9.17) is 39.8 Å². The van der Waals surface area contributed by atoms with Crippen LogP contribution in [0.1, 0.15) is 51.9 Å². The summed E-state index contributed by atoms with van der Waals surface area (Å²) in [4.78, 5) is 46.5. The number of carbonyl (C=O) groups is 3. The van der Waals surface area contributed by atoms with Crippen LogP contribution in [-0.2, 0) is 44.0 Å². The van der Waals surface area contributed by atoms with E-state index < -0.39 is 56.2 Å². The number of hydrogen-bond acceptors (Lipinski definition) is 14. The zero-order chi connectivity index (χ0) is 33.1. The Morgan fingerprint density at radius 3 is 2.00 bits per heavy atom. The summed E-state index contributed by atoms with van der Waals surface area (Å²) in [5.74, 6) is -1.53. The quantitative estimate of drug-likeness (QED) is 0.112. The second kappa shape index (κ2) is 15.6. The average Bonchev–Trinajstić information content (AvgIpc) is 3.35. The molecular weight excluding hydrogens is 599 g/mol. The average molecular weight is 639 g/mol. The summed E-state index contributed by atoms with van der Waals surface area (Å²) in [5, 5.41) is 8.98. The van der Waals surface area contributed by atoms with E-state index in [0.29, 0.717) is 17.7 Å². The van der Waals surface area contributed by atoms with Crippen molar-refractivity contribution in [3.8, 4) is 5.75 Å². The minimum absolute atomic E-state index is 0.0741. The summed E-state index contributed by atoms with van der Waals surface area (Å²) < 4.78 is 40.7. The van der Waals surface area contributed by atoms with Gasteiger partial charge in [-0.3, -0.25) is 28.0 Å². The maximum Gasteiger partial charge on any atom is 0.361 e. The molecule has 5 N–H and O–H groups in total. The first kappa shape index (κ1) is 36.1. The second-order valence-corrected chi connectivity index (χ2v) is 13.3. The van der Waals surface area contributed by atoms with Crippen LogP contribution in [0.5, 0.6) is 5.75 Å². The molecule has 0 fully saturated rings. The van der Waals surface area contributed by atoms with Crippen molar-refractivity contribution in [1.82, 2.24) is 19.5 Å². The molecule has 0 saturated carbocycles. The Balaban J connectivity index is 0.000000569. The van der Waals surface area contributed by atoms with Gasteiger partial charge < -0.3 is 35.4 Å². The second-order valence-electron chi connectivity index (χ2n) is 11.3. The molecule has 242 valence electrons. The van der Waals surface area contributed by atoms with Crippen LogP contribution in [0.4, 0.5) is 5.82 Å². The van der Waals surface area contributed by atoms with Crippen LogP contribution in [0, 0.1) is 10.8 Å². The molecule has 0 spiro atoms. The molecule has 0 saturated heterocycles. The fourth-order valence-electron chi connectivity index (χ4n) is 2.95. The van der Waals surface area contributed by atoms with Gasteiger partial charge in [-0.15, -0.1) is 0 Å². The Hall–Kier alpha value is -4.11. The molecule has 0 aliphatic heterocycles. The van der Waals surface area contributed by atoms with E-state index in [2.05, 4.69) is 15.0 Å². The van der Waals surface area contributed by atoms with Gasteiger partial charge in [0, 0.05) is 6.54 Å². The van der Waals surface area contributed by atoms with Gasteiger partial charge in [-0.05, 0) is 53.7 Å². The maximum atomic E-state index is 13.1. The number of hydrogen-bond donors (Lipinski definition) is 3. The van der Waals surface area contributed by atoms with Gasteiger partial charge in [-0.25, -0.2) is 15.0 Å². The SMILES string of the molecule is CC(C)(C)C(=O)OCOP(=O)(COCCn1cnc2c(N)ncnc21)OCOC(=O)C(C)(C)C.NC(=O)c1ccccc1O. The number of aromatic hydroxyl groups is 1. The number of ether oxygens (including phenoxy) is 3. The summed E-state index contributed by atoms with van der Waals surface area (Å²) in [6.07, 6.45) is 2.38. The van der Waals surface area contributed by atoms with Crippen molar-refractivity contribution in [2.24, 2.45) is 16.6 Å². The third kappa shape index (κ3) is 11.2. The number of aromatic nitrogens is 4. The highest BCUT2D eigenvalue weighted by molar-refractivity contribution is 7.53. The summed E-state index contributed by atoms with van der Waals surface area (Å²) in [6, 6.07) is 6.15. The fraction of sp³-hybridized carbons (Fsp3) is 0.481. The molecule has 44 heavy (non-hydrogen) atoms. The monoisotopic (exact) mass is 638 g/mol. The molecular formula is C27H39N6O10P. The number of amides is 1. The number of anilines is 1. The predicted octanol–water partition coefficient (Wildman–Crippen LogP) is 3.19. The molecule has 0 aliphatic rings. The number of primary amides is 1. The van der Waals surface area contributed by atoms with Crippen molar-refractivity contribution in [3.63, 3.8) is 0 Å². The van der Waals surface area contributed by atoms with Gasteiger partial charge >= 0.3 is 19.5 Å². The van der Waals surface area contributed by atoms with Crippen LogP contribution < -0.4 is 11.5 Å². The van der Waals surface area contributed by atoms with Gasteiger partial charge in [0.05, 0.1) is 29.3 Å². The van der Waals surface area contributed by atoms with Crippen molar-refractivity contribution in [2.45, 2.75) is 48.1 Å². The molecule has 17 heteroatoms. The number of carbonyl (C=O) groups excluding carboxylic acids is 3. The first-order chi connectivity index (χ1) is 20.4. The molecule has 0 bridgehead atoms. The zero-order valence-electron chi connectivity index (χ0n) is 25.5. The molecule has 0 aliphatic carbocycles. The lowest BCUT2D eigenvalue weighted by molar-refractivity contribution is -0.162. The Bertz CT molecular complexity index is 1450. The smallest absolute Gasteiger partial charge is 0.361 e. The van der Waals surface area contributed by atoms with Gasteiger partial charge in [-0.2, -0.15) is 0 Å². The van der Waals surface area contributed by atoms with E-state index >= 15 is 0 Å². The van der Waals surface area contributed by atoms with Gasteiger partial charge in [0.25, 0.3) is 5.91 Å². The third-order valence-corrected chi connectivity index (χ3v) is 6.92. The molecule has 0 atom stereocenters. The number of nitrogens with two attached hydrogens (primary N) is 2. The molecule has 2 heterocycles. The van der Waals surface area contributed by atoms with Crippen molar-refractivity contribution in [3.05, 3.63) is 42.5 Å². The number of esters is 2. The normalized spacial score (nSPS) is 11.9. The van der Waals surface area contributed by atoms with Crippen molar-refractivity contribution < 1.29 is 47.3 Å². The Kier molecular flexibility index (Phi) is 12.8. The number of benzene rings is 1. The van der Waals surface area contributed by atoms with Gasteiger partial charge in [0.2, 0.25) is 13.6 Å². The molecule has 16 nitrogen and oxygen atoms in total. The topological polar surface area (TPSA) is 230 Å². The van der Waals surface area contributed by atoms with Gasteiger partial charge in [0.1, 0.15) is 23.9 Å². The minimum Gasteiger partial charge on any atom is -0.507 e. The van der Waals surface area contributed by atoms with Gasteiger partial charge in [-0.1, -0.05) is 12.1 Å². The highest BCUT2D eigenvalue weighted by Gasteiger charge is 2.30. The Morgan fingerprint density at radius 1 is 0.932 bits per heavy atom. The van der Waals surface area contributed by atoms with Crippen molar-refractivity contribution in [1.29, 1.82) is 0 Å². The first-order valence-corrected chi connectivity index (χ1v) is 15.0. The third-order valence-electron chi connectivity index (χ3n) is 5.43. The van der Waals surface area contributed by atoms with Crippen LogP contribution in [0.2, 0.25) is 0 Å². The van der Waals surface area contributed by atoms with Crippen LogP contribution in [0.3, 0.4) is 0 Å². The molecule has 3 rings (SSSR count). The number of rotatable bonds is 12. The highest BCUT2D eigenvalue weighted by Crippen LogP contribution is 2.48. The summed E-state index contributed by atoms with van der Waals surface area (Å²) >= 11 is 0. The predicted molar refractivity (Wildman–Crippen MR) is 158 cm³/mol. The Morgan fingerprint density at radius 2 is 1.50 bits per heavy atom. The van der Waals surface area contributed by atoms with Crippen molar-refractivity contribution >= 4 is 42.4 Å². The van der Waals surface area contributed by atoms with Crippen LogP contribution in [-0.4, -0.2) is 69.0 Å². The lowest BCUT2D eigenvalue weighted by Crippen LogP contribution is -2.25. The van der Waals surface area contributed by atoms with E-state index in [9.17, 15) is 18.9 Å². The lowest BCUT2D eigenvalue weighted by Gasteiger charge is -2.22. The van der Waals surface area contributed by atoms with Gasteiger partial charge in [0.15, 0.2) is 11.5 Å². The zero-order valence-corrected chi connectivity index (χ0v) is 26.4. The van der Waals surface area contributed by atoms with E-state index in [-0.39, 0.29) is 23.7 Å². The largest absolute Gasteiger partial charge is 0.507 e. The maximum absolute atomic E-state index is 13.1. The van der Waals surface area contributed by atoms with E-state index in [1.54, 1.807) is 58.2 Å². The van der Waals surface area contributed by atoms with Crippen LogP contribution in [0.15, 0.2) is 36.9 Å². The molecule has 0 radical (unpaired) electrons. The number of nitrogens with zero attached hydrogens (tertiary/aromatic N) is 4. The lowest BCUT2D eigenvalue weighted by atomic mass is 9.98. The molecule has 3 aromatic rings. The summed E-state index contributed by atoms with van der Waals surface area (Å²) in [7, 11) is -3.95. The summed E-state index contributed by atoms with van der Waals surface area (Å²) in [6.45, 7) is 9.16. The standard InChI is InChI=1S/C20H32N5O8P.C7H7NO2/c1-19(2,3)17(26)30-11-32-34(28,33-12-31-18(27)20(4,5)6)13-29-8-7-25-10-24-14-15(21)22-9-23-16(14)25;8-7(10)5-3-1-2-4-6(5)9/h9-10H,7-8,11-13H2,1-6H3,(H2,21,22,23);1-4,9H,(H2,8,10). The number of para-hydroxylation sites is 1. The number of fused-ring (bicyclic) bond motifs is 1. The Labute approximate surface area is 254 Å². The van der Waals surface area contributed by atoms with E-state index in [1.807, 2.05) is 0 Å². The molecule has 1 aromatic carbocycles. The van der Waals surface area contributed by atoms with Crippen LogP contribution in [0.25, 0.3) is 11.2 Å². The minimum atomic E-state index is -3.95. The van der Waals surface area contributed by atoms with Crippen molar-refractivity contribution in [2.75, 3.05) is 32.3 Å². The van der Waals surface area contributed by atoms with E-state index in [1.165, 1.54) is 24.8 Å². The highest BCUT2D eigenvalue weighted by atomic mass is 31.2. The van der Waals surface area contributed by atoms with Crippen LogP contribution >= 0.6 is 7.60 Å². The summed E-state index contributed by atoms with van der Waals surface area (Å²) in [5.41, 5.74) is 10.3. The molecule has 0 unspecified atom stereocenters. The fourth-order valence-corrected chi connectivity index (χ4v) is 3.95. The number of phenols is 1. The molecule has 2 aromatic heterocycles.